The molecule has 1 aromatic rings. The quantitative estimate of drug-likeness (QED) is 0.912. The van der Waals surface area contributed by atoms with Crippen LogP contribution in [0.25, 0.3) is 0 Å². The molecule has 0 amide bonds. The van der Waals surface area contributed by atoms with Crippen LogP contribution in [0, 0.1) is 11.3 Å². The fourth-order valence-corrected chi connectivity index (χ4v) is 4.27. The first-order valence-corrected chi connectivity index (χ1v) is 7.83. The van der Waals surface area contributed by atoms with Crippen LogP contribution in [-0.2, 0) is 6.54 Å². The number of halogens is 1. The highest BCUT2D eigenvalue weighted by Gasteiger charge is 2.49. The van der Waals surface area contributed by atoms with Gasteiger partial charge in [0.1, 0.15) is 0 Å². The third kappa shape index (κ3) is 2.88. The molecule has 2 rings (SSSR count). The minimum absolute atomic E-state index is 0.0860. The zero-order valence-electron chi connectivity index (χ0n) is 13.1. The zero-order chi connectivity index (χ0) is 15.0. The van der Waals surface area contributed by atoms with Gasteiger partial charge in [0.15, 0.2) is 0 Å². The molecule has 3 heteroatoms. The predicted octanol–water partition coefficient (Wildman–Crippen LogP) is 3.93. The topological polar surface area (TPSA) is 29.3 Å². The number of rotatable bonds is 4. The number of nitrogens with zero attached hydrogens (tertiary/aromatic N) is 1. The second kappa shape index (κ2) is 5.67. The number of nitrogens with two attached hydrogens (primary N) is 1. The molecule has 112 valence electrons. The van der Waals surface area contributed by atoms with E-state index in [1.54, 1.807) is 0 Å². The van der Waals surface area contributed by atoms with Crippen molar-refractivity contribution in [1.82, 2.24) is 4.90 Å². The Morgan fingerprint density at radius 3 is 2.50 bits per heavy atom. The van der Waals surface area contributed by atoms with E-state index in [1.165, 1.54) is 12.0 Å². The second-order valence-electron chi connectivity index (χ2n) is 7.20. The van der Waals surface area contributed by atoms with Gasteiger partial charge >= 0.3 is 0 Å². The van der Waals surface area contributed by atoms with Crippen molar-refractivity contribution in [3.8, 4) is 0 Å². The SMILES string of the molecule is CC1CC(C)(C)CC1(CN)N(C)Cc1ccccc1Cl. The average Bonchev–Trinajstić information content (AvgIpc) is 2.62. The molecule has 20 heavy (non-hydrogen) atoms. The molecule has 0 bridgehead atoms. The van der Waals surface area contributed by atoms with Crippen molar-refractivity contribution in [2.75, 3.05) is 13.6 Å². The lowest BCUT2D eigenvalue weighted by Crippen LogP contribution is -2.54. The van der Waals surface area contributed by atoms with Gasteiger partial charge < -0.3 is 5.73 Å². The molecule has 1 aliphatic rings. The van der Waals surface area contributed by atoms with Crippen LogP contribution in [0.2, 0.25) is 5.02 Å². The molecule has 1 aliphatic carbocycles. The van der Waals surface area contributed by atoms with Crippen LogP contribution in [-0.4, -0.2) is 24.0 Å². The van der Waals surface area contributed by atoms with Crippen LogP contribution in [0.1, 0.15) is 39.2 Å². The first-order valence-electron chi connectivity index (χ1n) is 7.45. The highest BCUT2D eigenvalue weighted by atomic mass is 35.5. The van der Waals surface area contributed by atoms with E-state index in [-0.39, 0.29) is 5.54 Å². The molecule has 0 radical (unpaired) electrons. The average molecular weight is 295 g/mol. The predicted molar refractivity (Wildman–Crippen MR) is 86.9 cm³/mol. The van der Waals surface area contributed by atoms with E-state index >= 15 is 0 Å². The lowest BCUT2D eigenvalue weighted by atomic mass is 9.84. The van der Waals surface area contributed by atoms with E-state index in [4.69, 9.17) is 17.3 Å². The van der Waals surface area contributed by atoms with Crippen LogP contribution in [0.4, 0.5) is 0 Å². The van der Waals surface area contributed by atoms with E-state index in [9.17, 15) is 0 Å². The molecule has 0 aliphatic heterocycles. The van der Waals surface area contributed by atoms with Gasteiger partial charge in [0.05, 0.1) is 0 Å². The van der Waals surface area contributed by atoms with Crippen molar-refractivity contribution in [3.05, 3.63) is 34.9 Å². The molecule has 1 fully saturated rings. The summed E-state index contributed by atoms with van der Waals surface area (Å²) in [6, 6.07) is 8.09. The van der Waals surface area contributed by atoms with E-state index in [0.717, 1.165) is 18.0 Å². The number of benzene rings is 1. The Labute approximate surface area is 128 Å². The summed E-state index contributed by atoms with van der Waals surface area (Å²) in [5.74, 6) is 0.606. The number of hydrogen-bond acceptors (Lipinski definition) is 2. The van der Waals surface area contributed by atoms with Crippen LogP contribution < -0.4 is 5.73 Å². The van der Waals surface area contributed by atoms with Gasteiger partial charge in [-0.1, -0.05) is 50.6 Å². The Morgan fingerprint density at radius 1 is 1.35 bits per heavy atom. The Hall–Kier alpha value is -0.570. The summed E-state index contributed by atoms with van der Waals surface area (Å²) in [6.07, 6.45) is 2.38. The maximum absolute atomic E-state index is 6.30. The van der Waals surface area contributed by atoms with Crippen molar-refractivity contribution in [2.24, 2.45) is 17.1 Å². The minimum atomic E-state index is 0.0860. The van der Waals surface area contributed by atoms with Crippen molar-refractivity contribution < 1.29 is 0 Å². The molecule has 2 N–H and O–H groups in total. The molecule has 0 heterocycles. The Balaban J connectivity index is 2.22. The molecule has 0 saturated heterocycles. The van der Waals surface area contributed by atoms with Crippen molar-refractivity contribution in [2.45, 2.75) is 45.7 Å². The molecule has 2 unspecified atom stereocenters. The van der Waals surface area contributed by atoms with Gasteiger partial charge in [0.25, 0.3) is 0 Å². The lowest BCUT2D eigenvalue weighted by Gasteiger charge is -2.42. The summed E-state index contributed by atoms with van der Waals surface area (Å²) in [7, 11) is 2.19. The summed E-state index contributed by atoms with van der Waals surface area (Å²) >= 11 is 6.30. The van der Waals surface area contributed by atoms with Crippen LogP contribution in [0.15, 0.2) is 24.3 Å². The summed E-state index contributed by atoms with van der Waals surface area (Å²) < 4.78 is 0. The normalized spacial score (nSPS) is 29.1. The Bertz CT molecular complexity index is 472. The molecule has 0 aromatic heterocycles. The highest BCUT2D eigenvalue weighted by Crippen LogP contribution is 2.49. The van der Waals surface area contributed by atoms with E-state index < -0.39 is 0 Å². The maximum Gasteiger partial charge on any atom is 0.0451 e. The number of hydrogen-bond donors (Lipinski definition) is 1. The first kappa shape index (κ1) is 15.8. The molecule has 1 saturated carbocycles. The summed E-state index contributed by atoms with van der Waals surface area (Å²) in [5.41, 5.74) is 7.83. The maximum atomic E-state index is 6.30. The number of likely N-dealkylation sites (N-methyl/N-ethyl adjacent to an activating group) is 1. The van der Waals surface area contributed by atoms with Gasteiger partial charge in [-0.25, -0.2) is 0 Å². The molecule has 0 spiro atoms. The van der Waals surface area contributed by atoms with Crippen LogP contribution in [0.3, 0.4) is 0 Å². The largest absolute Gasteiger partial charge is 0.329 e. The van der Waals surface area contributed by atoms with Crippen LogP contribution in [0.5, 0.6) is 0 Å². The summed E-state index contributed by atoms with van der Waals surface area (Å²) in [4.78, 5) is 2.42. The molecule has 2 atom stereocenters. The Kier molecular flexibility index (Phi) is 4.48. The third-order valence-corrected chi connectivity index (χ3v) is 5.41. The molecular formula is C17H27ClN2. The smallest absolute Gasteiger partial charge is 0.0451 e. The van der Waals surface area contributed by atoms with Gasteiger partial charge in [0, 0.05) is 23.7 Å². The summed E-state index contributed by atoms with van der Waals surface area (Å²) in [6.45, 7) is 8.61. The minimum Gasteiger partial charge on any atom is -0.329 e. The van der Waals surface area contributed by atoms with Gasteiger partial charge in [-0.05, 0) is 42.9 Å². The summed E-state index contributed by atoms with van der Waals surface area (Å²) in [5, 5.41) is 0.844. The molecule has 1 aromatic carbocycles. The fraction of sp³-hybridized carbons (Fsp3) is 0.647. The van der Waals surface area contributed by atoms with Crippen LogP contribution >= 0.6 is 11.6 Å². The zero-order valence-corrected chi connectivity index (χ0v) is 13.9. The van der Waals surface area contributed by atoms with E-state index in [2.05, 4.69) is 38.8 Å². The monoisotopic (exact) mass is 294 g/mol. The standard InChI is InChI=1S/C17H27ClN2/c1-13-9-16(2,3)11-17(13,12-19)20(4)10-14-7-5-6-8-15(14)18/h5-8,13H,9-12,19H2,1-4H3. The van der Waals surface area contributed by atoms with Gasteiger partial charge in [-0.2, -0.15) is 0 Å². The lowest BCUT2D eigenvalue weighted by molar-refractivity contribution is 0.0786. The van der Waals surface area contributed by atoms with Gasteiger partial charge in [-0.3, -0.25) is 4.90 Å². The van der Waals surface area contributed by atoms with Crippen molar-refractivity contribution in [1.29, 1.82) is 0 Å². The van der Waals surface area contributed by atoms with Crippen molar-refractivity contribution in [3.63, 3.8) is 0 Å². The molecular weight excluding hydrogens is 268 g/mol. The van der Waals surface area contributed by atoms with Gasteiger partial charge in [0.2, 0.25) is 0 Å². The Morgan fingerprint density at radius 2 is 2.00 bits per heavy atom. The second-order valence-corrected chi connectivity index (χ2v) is 7.61. The van der Waals surface area contributed by atoms with E-state index in [1.807, 2.05) is 18.2 Å². The third-order valence-electron chi connectivity index (χ3n) is 5.04. The van der Waals surface area contributed by atoms with E-state index in [0.29, 0.717) is 17.9 Å². The van der Waals surface area contributed by atoms with Gasteiger partial charge in [-0.15, -0.1) is 0 Å². The van der Waals surface area contributed by atoms with Crippen molar-refractivity contribution >= 4 is 11.6 Å². The highest BCUT2D eigenvalue weighted by molar-refractivity contribution is 6.31. The molecule has 2 nitrogen and oxygen atoms in total. The first-order chi connectivity index (χ1) is 9.31. The fourth-order valence-electron chi connectivity index (χ4n) is 4.07.